The second-order valence-corrected chi connectivity index (χ2v) is 6.66. The summed E-state index contributed by atoms with van der Waals surface area (Å²) in [4.78, 5) is 0. The molecule has 0 radical (unpaired) electrons. The van der Waals surface area contributed by atoms with Gasteiger partial charge in [-0.05, 0) is 48.3 Å². The van der Waals surface area contributed by atoms with Crippen molar-refractivity contribution in [2.24, 2.45) is 17.2 Å². The highest BCUT2D eigenvalue weighted by Gasteiger charge is 2.39. The lowest BCUT2D eigenvalue weighted by molar-refractivity contribution is -0.137. The zero-order chi connectivity index (χ0) is 15.7. The van der Waals surface area contributed by atoms with Crippen molar-refractivity contribution in [3.05, 3.63) is 35.4 Å². The maximum atomic E-state index is 12.6. The van der Waals surface area contributed by atoms with Crippen LogP contribution in [-0.2, 0) is 12.6 Å². The van der Waals surface area contributed by atoms with Crippen LogP contribution in [-0.4, -0.2) is 6.04 Å². The Kier molecular flexibility index (Phi) is 4.63. The van der Waals surface area contributed by atoms with E-state index in [2.05, 4.69) is 19.3 Å². The number of hydrazine groups is 1. The van der Waals surface area contributed by atoms with Gasteiger partial charge in [-0.3, -0.25) is 11.3 Å². The second kappa shape index (κ2) is 5.97. The van der Waals surface area contributed by atoms with Gasteiger partial charge in [0.1, 0.15) is 0 Å². The van der Waals surface area contributed by atoms with Crippen molar-refractivity contribution >= 4 is 0 Å². The van der Waals surface area contributed by atoms with Gasteiger partial charge in [-0.15, -0.1) is 0 Å². The normalized spacial score (nSPS) is 23.2. The predicted molar refractivity (Wildman–Crippen MR) is 77.4 cm³/mol. The topological polar surface area (TPSA) is 38.0 Å². The standard InChI is InChI=1S/C16H23F3N2/c1-15(2)9-3-4-13(15)14(21-20)10-11-5-7-12(8-6-11)16(17,18)19/h5-8,13-14,21H,3-4,9-10,20H2,1-2H3. The molecule has 2 unspecified atom stereocenters. The molecule has 1 saturated carbocycles. The number of halogens is 3. The number of nitrogens with one attached hydrogen (secondary N) is 1. The Bertz CT molecular complexity index is 465. The van der Waals surface area contributed by atoms with Crippen molar-refractivity contribution in [3.8, 4) is 0 Å². The van der Waals surface area contributed by atoms with Crippen LogP contribution in [0.2, 0.25) is 0 Å². The molecule has 21 heavy (non-hydrogen) atoms. The molecule has 2 rings (SSSR count). The highest BCUT2D eigenvalue weighted by Crippen LogP contribution is 2.44. The molecule has 0 aliphatic heterocycles. The molecular formula is C16H23F3N2. The van der Waals surface area contributed by atoms with Crippen LogP contribution in [0, 0.1) is 11.3 Å². The SMILES string of the molecule is CC1(C)CCCC1C(Cc1ccc(C(F)(F)F)cc1)NN. The number of rotatable bonds is 4. The number of alkyl halides is 3. The van der Waals surface area contributed by atoms with Crippen molar-refractivity contribution in [3.63, 3.8) is 0 Å². The summed E-state index contributed by atoms with van der Waals surface area (Å²) >= 11 is 0. The highest BCUT2D eigenvalue weighted by molar-refractivity contribution is 5.25. The number of hydrogen-bond acceptors (Lipinski definition) is 2. The molecule has 2 atom stereocenters. The average Bonchev–Trinajstić information content (AvgIpc) is 2.75. The van der Waals surface area contributed by atoms with E-state index >= 15 is 0 Å². The van der Waals surface area contributed by atoms with Gasteiger partial charge in [0.05, 0.1) is 5.56 Å². The zero-order valence-corrected chi connectivity index (χ0v) is 12.5. The first-order chi connectivity index (χ1) is 9.74. The summed E-state index contributed by atoms with van der Waals surface area (Å²) in [6.07, 6.45) is -0.158. The first-order valence-corrected chi connectivity index (χ1v) is 7.36. The van der Waals surface area contributed by atoms with E-state index in [0.29, 0.717) is 12.3 Å². The molecule has 0 aromatic heterocycles. The van der Waals surface area contributed by atoms with E-state index in [4.69, 9.17) is 5.84 Å². The summed E-state index contributed by atoms with van der Waals surface area (Å²) in [5.74, 6) is 6.14. The minimum absolute atomic E-state index is 0.0965. The fourth-order valence-electron chi connectivity index (χ4n) is 3.50. The van der Waals surface area contributed by atoms with Crippen LogP contribution in [0.1, 0.15) is 44.2 Å². The molecule has 1 aliphatic rings. The van der Waals surface area contributed by atoms with Crippen LogP contribution in [0.5, 0.6) is 0 Å². The van der Waals surface area contributed by atoms with Crippen molar-refractivity contribution < 1.29 is 13.2 Å². The molecule has 1 aromatic rings. The van der Waals surface area contributed by atoms with E-state index in [1.165, 1.54) is 12.8 Å². The Balaban J connectivity index is 2.09. The van der Waals surface area contributed by atoms with Crippen LogP contribution in [0.4, 0.5) is 13.2 Å². The third kappa shape index (κ3) is 3.77. The monoisotopic (exact) mass is 300 g/mol. The molecule has 1 fully saturated rings. The lowest BCUT2D eigenvalue weighted by Gasteiger charge is -2.34. The van der Waals surface area contributed by atoms with Gasteiger partial charge in [0.15, 0.2) is 0 Å². The first-order valence-electron chi connectivity index (χ1n) is 7.36. The Morgan fingerprint density at radius 3 is 2.33 bits per heavy atom. The van der Waals surface area contributed by atoms with Gasteiger partial charge in [-0.2, -0.15) is 13.2 Å². The molecular weight excluding hydrogens is 277 g/mol. The summed E-state index contributed by atoms with van der Waals surface area (Å²) in [6, 6.07) is 5.48. The van der Waals surface area contributed by atoms with E-state index in [1.807, 2.05) is 0 Å². The Morgan fingerprint density at radius 2 is 1.90 bits per heavy atom. The molecule has 1 aliphatic carbocycles. The smallest absolute Gasteiger partial charge is 0.271 e. The van der Waals surface area contributed by atoms with Crippen molar-refractivity contribution in [2.75, 3.05) is 0 Å². The largest absolute Gasteiger partial charge is 0.416 e. The fourth-order valence-corrected chi connectivity index (χ4v) is 3.50. The van der Waals surface area contributed by atoms with Crippen LogP contribution >= 0.6 is 0 Å². The third-order valence-corrected chi connectivity index (χ3v) is 4.78. The zero-order valence-electron chi connectivity index (χ0n) is 12.5. The second-order valence-electron chi connectivity index (χ2n) is 6.66. The fraction of sp³-hybridized carbons (Fsp3) is 0.625. The van der Waals surface area contributed by atoms with Crippen LogP contribution < -0.4 is 11.3 Å². The van der Waals surface area contributed by atoms with Crippen LogP contribution in [0.25, 0.3) is 0 Å². The number of hydrogen-bond donors (Lipinski definition) is 2. The number of nitrogens with two attached hydrogens (primary N) is 1. The average molecular weight is 300 g/mol. The van der Waals surface area contributed by atoms with Gasteiger partial charge in [0.2, 0.25) is 0 Å². The number of benzene rings is 1. The maximum absolute atomic E-state index is 12.6. The van der Waals surface area contributed by atoms with Crippen molar-refractivity contribution in [1.29, 1.82) is 0 Å². The van der Waals surface area contributed by atoms with Crippen molar-refractivity contribution in [1.82, 2.24) is 5.43 Å². The molecule has 0 saturated heterocycles. The summed E-state index contributed by atoms with van der Waals surface area (Å²) in [6.45, 7) is 4.48. The lowest BCUT2D eigenvalue weighted by Crippen LogP contribution is -2.45. The van der Waals surface area contributed by atoms with Gasteiger partial charge < -0.3 is 0 Å². The lowest BCUT2D eigenvalue weighted by atomic mass is 9.76. The predicted octanol–water partition coefficient (Wildman–Crippen LogP) is 3.91. The molecule has 2 nitrogen and oxygen atoms in total. The summed E-state index contributed by atoms with van der Waals surface area (Å²) in [5.41, 5.74) is 3.37. The maximum Gasteiger partial charge on any atom is 0.416 e. The van der Waals surface area contributed by atoms with E-state index in [0.717, 1.165) is 24.1 Å². The van der Waals surface area contributed by atoms with Crippen molar-refractivity contribution in [2.45, 2.75) is 51.7 Å². The van der Waals surface area contributed by atoms with Gasteiger partial charge in [0, 0.05) is 6.04 Å². The molecule has 0 spiro atoms. The van der Waals surface area contributed by atoms with Gasteiger partial charge in [0.25, 0.3) is 0 Å². The Hall–Kier alpha value is -1.07. The Morgan fingerprint density at radius 1 is 1.29 bits per heavy atom. The van der Waals surface area contributed by atoms with Gasteiger partial charge >= 0.3 is 6.18 Å². The van der Waals surface area contributed by atoms with E-state index in [1.54, 1.807) is 12.1 Å². The molecule has 0 amide bonds. The molecule has 0 heterocycles. The molecule has 1 aromatic carbocycles. The summed E-state index contributed by atoms with van der Waals surface area (Å²) in [5, 5.41) is 0. The van der Waals surface area contributed by atoms with Gasteiger partial charge in [-0.25, -0.2) is 0 Å². The summed E-state index contributed by atoms with van der Waals surface area (Å²) in [7, 11) is 0. The molecule has 3 N–H and O–H groups in total. The van der Waals surface area contributed by atoms with Gasteiger partial charge in [-0.1, -0.05) is 32.4 Å². The minimum Gasteiger partial charge on any atom is -0.271 e. The quantitative estimate of drug-likeness (QED) is 0.653. The summed E-state index contributed by atoms with van der Waals surface area (Å²) < 4.78 is 37.7. The van der Waals surface area contributed by atoms with Crippen LogP contribution in [0.3, 0.4) is 0 Å². The third-order valence-electron chi connectivity index (χ3n) is 4.78. The van der Waals surface area contributed by atoms with E-state index in [9.17, 15) is 13.2 Å². The molecule has 5 heteroatoms. The first kappa shape index (κ1) is 16.3. The Labute approximate surface area is 123 Å². The minimum atomic E-state index is -4.28. The molecule has 118 valence electrons. The highest BCUT2D eigenvalue weighted by atomic mass is 19.4. The van der Waals surface area contributed by atoms with Crippen LogP contribution in [0.15, 0.2) is 24.3 Å². The molecule has 0 bridgehead atoms. The van der Waals surface area contributed by atoms with E-state index < -0.39 is 11.7 Å². The van der Waals surface area contributed by atoms with E-state index in [-0.39, 0.29) is 11.5 Å².